The standard InChI is InChI=1S/C28H32N2O3S/c1-28(2,3)19-12-13-21-24(16-19)34-27(25(21)26(31)30-20-9-7-6-8-10-20)29-17-18-11-14-22(32-4)23(15-18)33-5/h6-11,14-15,17,19H,12-13,16H2,1-5H3,(H,30,31)/t19-/m0/s1. The molecule has 4 rings (SSSR count). The molecular weight excluding hydrogens is 444 g/mol. The van der Waals surface area contributed by atoms with Gasteiger partial charge < -0.3 is 14.8 Å². The first kappa shape index (κ1) is 24.0. The number of fused-ring (bicyclic) bond motifs is 1. The number of amides is 1. The number of aliphatic imine (C=N–C) groups is 1. The van der Waals surface area contributed by atoms with E-state index in [1.165, 1.54) is 4.88 Å². The number of benzene rings is 2. The van der Waals surface area contributed by atoms with E-state index in [0.29, 0.717) is 23.0 Å². The van der Waals surface area contributed by atoms with Crippen molar-refractivity contribution in [2.24, 2.45) is 16.3 Å². The average Bonchev–Trinajstić information content (AvgIpc) is 3.20. The van der Waals surface area contributed by atoms with Crippen LogP contribution in [0.1, 0.15) is 53.6 Å². The Kier molecular flexibility index (Phi) is 7.08. The zero-order valence-corrected chi connectivity index (χ0v) is 21.3. The van der Waals surface area contributed by atoms with E-state index in [1.807, 2.05) is 48.5 Å². The summed E-state index contributed by atoms with van der Waals surface area (Å²) < 4.78 is 10.8. The summed E-state index contributed by atoms with van der Waals surface area (Å²) >= 11 is 1.64. The van der Waals surface area contributed by atoms with E-state index in [-0.39, 0.29) is 11.3 Å². The third-order valence-electron chi connectivity index (χ3n) is 6.47. The van der Waals surface area contributed by atoms with Crippen LogP contribution in [-0.4, -0.2) is 26.3 Å². The maximum absolute atomic E-state index is 13.4. The summed E-state index contributed by atoms with van der Waals surface area (Å²) in [5.74, 6) is 1.80. The lowest BCUT2D eigenvalue weighted by molar-refractivity contribution is 0.102. The van der Waals surface area contributed by atoms with Gasteiger partial charge in [-0.2, -0.15) is 0 Å². The van der Waals surface area contributed by atoms with Crippen molar-refractivity contribution in [2.45, 2.75) is 40.0 Å². The molecule has 3 aromatic rings. The first-order valence-electron chi connectivity index (χ1n) is 11.6. The number of hydrogen-bond donors (Lipinski definition) is 1. The van der Waals surface area contributed by atoms with Gasteiger partial charge in [-0.25, -0.2) is 4.99 Å². The number of hydrogen-bond acceptors (Lipinski definition) is 5. The Bertz CT molecular complexity index is 1190. The highest BCUT2D eigenvalue weighted by Crippen LogP contribution is 2.45. The fourth-order valence-corrected chi connectivity index (χ4v) is 5.69. The van der Waals surface area contributed by atoms with E-state index in [9.17, 15) is 4.79 Å². The van der Waals surface area contributed by atoms with Crippen LogP contribution in [0.5, 0.6) is 11.5 Å². The van der Waals surface area contributed by atoms with Gasteiger partial charge in [0, 0.05) is 16.8 Å². The van der Waals surface area contributed by atoms with E-state index in [2.05, 4.69) is 26.1 Å². The van der Waals surface area contributed by atoms with Crippen LogP contribution in [0, 0.1) is 11.3 Å². The van der Waals surface area contributed by atoms with Gasteiger partial charge in [0.25, 0.3) is 5.91 Å². The third kappa shape index (κ3) is 5.17. The van der Waals surface area contributed by atoms with Crippen molar-refractivity contribution in [1.82, 2.24) is 0 Å². The maximum Gasteiger partial charge on any atom is 0.259 e. The molecular formula is C28H32N2O3S. The van der Waals surface area contributed by atoms with Crippen LogP contribution < -0.4 is 14.8 Å². The van der Waals surface area contributed by atoms with Crippen molar-refractivity contribution in [3.05, 3.63) is 70.1 Å². The van der Waals surface area contributed by atoms with Gasteiger partial charge in [-0.05, 0) is 72.1 Å². The number of thiophene rings is 1. The minimum Gasteiger partial charge on any atom is -0.493 e. The Labute approximate surface area is 205 Å². The molecule has 1 aromatic heterocycles. The molecule has 1 N–H and O–H groups in total. The number of ether oxygens (including phenoxy) is 2. The van der Waals surface area contributed by atoms with E-state index < -0.39 is 0 Å². The molecule has 0 saturated carbocycles. The molecule has 178 valence electrons. The summed E-state index contributed by atoms with van der Waals surface area (Å²) in [4.78, 5) is 19.5. The fraction of sp³-hybridized carbons (Fsp3) is 0.357. The topological polar surface area (TPSA) is 59.9 Å². The number of rotatable bonds is 6. The highest BCUT2D eigenvalue weighted by atomic mass is 32.1. The Balaban J connectivity index is 1.70. The molecule has 0 unspecified atom stereocenters. The predicted octanol–water partition coefficient (Wildman–Crippen LogP) is 6.92. The number of carbonyl (C=O) groups is 1. The zero-order chi connectivity index (χ0) is 24.3. The van der Waals surface area contributed by atoms with Crippen LogP contribution >= 0.6 is 11.3 Å². The molecule has 5 nitrogen and oxygen atoms in total. The first-order chi connectivity index (χ1) is 16.3. The highest BCUT2D eigenvalue weighted by molar-refractivity contribution is 7.16. The largest absolute Gasteiger partial charge is 0.493 e. The number of methoxy groups -OCH3 is 2. The Morgan fingerprint density at radius 2 is 1.82 bits per heavy atom. The molecule has 1 atom stereocenters. The molecule has 6 heteroatoms. The van der Waals surface area contributed by atoms with Crippen molar-refractivity contribution < 1.29 is 14.3 Å². The second-order valence-electron chi connectivity index (χ2n) is 9.68. The van der Waals surface area contributed by atoms with Crippen molar-refractivity contribution in [3.8, 4) is 11.5 Å². The normalized spacial score (nSPS) is 15.7. The van der Waals surface area contributed by atoms with Crippen LogP contribution in [0.15, 0.2) is 53.5 Å². The third-order valence-corrected chi connectivity index (χ3v) is 7.63. The van der Waals surface area contributed by atoms with Crippen LogP contribution in [0.4, 0.5) is 10.7 Å². The molecule has 0 aliphatic heterocycles. The zero-order valence-electron chi connectivity index (χ0n) is 20.5. The minimum atomic E-state index is -0.0997. The Hall–Kier alpha value is -3.12. The van der Waals surface area contributed by atoms with E-state index in [4.69, 9.17) is 14.5 Å². The van der Waals surface area contributed by atoms with E-state index in [0.717, 1.165) is 41.1 Å². The van der Waals surface area contributed by atoms with Crippen LogP contribution in [0.25, 0.3) is 0 Å². The summed E-state index contributed by atoms with van der Waals surface area (Å²) in [5.41, 5.74) is 3.75. The summed E-state index contributed by atoms with van der Waals surface area (Å²) in [6.07, 6.45) is 4.76. The molecule has 0 fully saturated rings. The molecule has 0 spiro atoms. The van der Waals surface area contributed by atoms with Crippen molar-refractivity contribution in [1.29, 1.82) is 0 Å². The molecule has 34 heavy (non-hydrogen) atoms. The molecule has 1 aliphatic rings. The van der Waals surface area contributed by atoms with Gasteiger partial charge in [0.2, 0.25) is 0 Å². The van der Waals surface area contributed by atoms with Gasteiger partial charge in [-0.15, -0.1) is 11.3 Å². The lowest BCUT2D eigenvalue weighted by Gasteiger charge is -2.33. The molecule has 0 bridgehead atoms. The average molecular weight is 477 g/mol. The maximum atomic E-state index is 13.4. The number of nitrogens with zero attached hydrogens (tertiary/aromatic N) is 1. The van der Waals surface area contributed by atoms with Crippen molar-refractivity contribution in [2.75, 3.05) is 19.5 Å². The van der Waals surface area contributed by atoms with Crippen molar-refractivity contribution in [3.63, 3.8) is 0 Å². The predicted molar refractivity (Wildman–Crippen MR) is 140 cm³/mol. The molecule has 0 radical (unpaired) electrons. The molecule has 1 amide bonds. The first-order valence-corrected chi connectivity index (χ1v) is 12.4. The van der Waals surface area contributed by atoms with Crippen LogP contribution in [0.3, 0.4) is 0 Å². The minimum absolute atomic E-state index is 0.0997. The summed E-state index contributed by atoms with van der Waals surface area (Å²) in [7, 11) is 3.23. The summed E-state index contributed by atoms with van der Waals surface area (Å²) in [5, 5.41) is 3.82. The monoisotopic (exact) mass is 476 g/mol. The summed E-state index contributed by atoms with van der Waals surface area (Å²) in [6, 6.07) is 15.3. The number of nitrogens with one attached hydrogen (secondary N) is 1. The van der Waals surface area contributed by atoms with Gasteiger partial charge in [-0.3, -0.25) is 4.79 Å². The van der Waals surface area contributed by atoms with Gasteiger partial charge in [0.1, 0.15) is 5.00 Å². The fourth-order valence-electron chi connectivity index (χ4n) is 4.42. The van der Waals surface area contributed by atoms with Gasteiger partial charge >= 0.3 is 0 Å². The smallest absolute Gasteiger partial charge is 0.259 e. The van der Waals surface area contributed by atoms with Gasteiger partial charge in [0.15, 0.2) is 11.5 Å². The van der Waals surface area contributed by atoms with Crippen LogP contribution in [-0.2, 0) is 12.8 Å². The molecule has 0 saturated heterocycles. The van der Waals surface area contributed by atoms with Gasteiger partial charge in [0.05, 0.1) is 19.8 Å². The molecule has 2 aromatic carbocycles. The summed E-state index contributed by atoms with van der Waals surface area (Å²) in [6.45, 7) is 6.90. The number of anilines is 1. The molecule has 1 aliphatic carbocycles. The second-order valence-corrected chi connectivity index (χ2v) is 10.8. The SMILES string of the molecule is COc1ccc(C=Nc2sc3c(c2C(=O)Nc2ccccc2)CC[C@H](C(C)(C)C)C3)cc1OC. The number of para-hydroxylation sites is 1. The van der Waals surface area contributed by atoms with E-state index >= 15 is 0 Å². The lowest BCUT2D eigenvalue weighted by atomic mass is 9.72. The van der Waals surface area contributed by atoms with E-state index in [1.54, 1.807) is 31.8 Å². The second kappa shape index (κ2) is 10.0. The van der Waals surface area contributed by atoms with Crippen LogP contribution in [0.2, 0.25) is 0 Å². The highest BCUT2D eigenvalue weighted by Gasteiger charge is 2.33. The van der Waals surface area contributed by atoms with Gasteiger partial charge in [-0.1, -0.05) is 39.0 Å². The van der Waals surface area contributed by atoms with Crippen molar-refractivity contribution >= 4 is 34.1 Å². The quantitative estimate of drug-likeness (QED) is 0.393. The number of carbonyl (C=O) groups excluding carboxylic acids is 1. The Morgan fingerprint density at radius 3 is 2.50 bits per heavy atom. The lowest BCUT2D eigenvalue weighted by Crippen LogP contribution is -2.27. The molecule has 1 heterocycles. The Morgan fingerprint density at radius 1 is 1.09 bits per heavy atom.